The first-order valence-corrected chi connectivity index (χ1v) is 7.16. The third kappa shape index (κ3) is 5.27. The highest BCUT2D eigenvalue weighted by molar-refractivity contribution is 6.38. The number of piperazine rings is 1. The Hall–Kier alpha value is -3.10. The van der Waals surface area contributed by atoms with Crippen LogP contribution in [0, 0.1) is 0 Å². The van der Waals surface area contributed by atoms with Crippen molar-refractivity contribution in [1.82, 2.24) is 9.80 Å². The molecule has 2 rings (SSSR count). The van der Waals surface area contributed by atoms with Crippen molar-refractivity contribution in [1.29, 1.82) is 0 Å². The number of aliphatic carboxylic acids is 1. The van der Waals surface area contributed by atoms with E-state index in [0.717, 1.165) is 11.8 Å². The molecule has 0 aromatic heterocycles. The molecular formula is C15H19N3O6. The van der Waals surface area contributed by atoms with Crippen molar-refractivity contribution in [3.05, 3.63) is 24.3 Å². The lowest BCUT2D eigenvalue weighted by Crippen LogP contribution is -2.56. The van der Waals surface area contributed by atoms with E-state index in [1.54, 1.807) is 6.92 Å². The molecule has 0 unspecified atom stereocenters. The lowest BCUT2D eigenvalue weighted by atomic mass is 10.3. The predicted octanol–water partition coefficient (Wildman–Crippen LogP) is 0.706. The monoisotopic (exact) mass is 337 g/mol. The standard InChI is InChI=1S/C13H15N3O4.C2H4O2/c1-2-15-7-8-16(12(19)11(15)18)13(20)14-9-3-5-10(17)6-4-9;1-2(3)4/h3-6,17H,2,7-8H2,1H3,(H,14,20);1H3,(H,3,4). The molecule has 1 heterocycles. The Bertz CT molecular complexity index is 625. The van der Waals surface area contributed by atoms with Crippen LogP contribution in [0.4, 0.5) is 10.5 Å². The summed E-state index contributed by atoms with van der Waals surface area (Å²) in [5.74, 6) is -2.25. The number of hydrogen-bond acceptors (Lipinski definition) is 5. The summed E-state index contributed by atoms with van der Waals surface area (Å²) in [6.45, 7) is 3.81. The van der Waals surface area contributed by atoms with Gasteiger partial charge in [0.05, 0.1) is 0 Å². The second kappa shape index (κ2) is 8.51. The SMILES string of the molecule is CC(=O)O.CCN1CCN(C(=O)Nc2ccc(O)cc2)C(=O)C1=O. The minimum absolute atomic E-state index is 0.0748. The molecule has 0 aliphatic carbocycles. The number of nitrogens with one attached hydrogen (secondary N) is 1. The van der Waals surface area contributed by atoms with Crippen molar-refractivity contribution in [3.63, 3.8) is 0 Å². The molecule has 1 fully saturated rings. The number of phenols is 1. The number of nitrogens with zero attached hydrogens (tertiary/aromatic N) is 2. The molecule has 130 valence electrons. The average Bonchev–Trinajstić information content (AvgIpc) is 2.51. The fourth-order valence-corrected chi connectivity index (χ4v) is 1.91. The van der Waals surface area contributed by atoms with Crippen LogP contribution < -0.4 is 5.32 Å². The highest BCUT2D eigenvalue weighted by Crippen LogP contribution is 2.15. The molecule has 0 spiro atoms. The van der Waals surface area contributed by atoms with Gasteiger partial charge in [-0.05, 0) is 31.2 Å². The molecule has 0 bridgehead atoms. The van der Waals surface area contributed by atoms with Crippen LogP contribution in [0.15, 0.2) is 24.3 Å². The van der Waals surface area contributed by atoms with Gasteiger partial charge < -0.3 is 20.4 Å². The number of amides is 4. The topological polar surface area (TPSA) is 127 Å². The zero-order valence-corrected chi connectivity index (χ0v) is 13.4. The highest BCUT2D eigenvalue weighted by Gasteiger charge is 2.35. The summed E-state index contributed by atoms with van der Waals surface area (Å²) >= 11 is 0. The highest BCUT2D eigenvalue weighted by atomic mass is 16.4. The summed E-state index contributed by atoms with van der Waals surface area (Å²) in [7, 11) is 0. The Morgan fingerprint density at radius 2 is 1.67 bits per heavy atom. The lowest BCUT2D eigenvalue weighted by Gasteiger charge is -2.31. The molecule has 1 aliphatic rings. The van der Waals surface area contributed by atoms with Crippen LogP contribution in [0.3, 0.4) is 0 Å². The number of carboxylic acids is 1. The van der Waals surface area contributed by atoms with Gasteiger partial charge in [0.1, 0.15) is 5.75 Å². The second-order valence-corrected chi connectivity index (χ2v) is 4.84. The van der Waals surface area contributed by atoms with E-state index in [2.05, 4.69) is 5.32 Å². The van der Waals surface area contributed by atoms with Crippen LogP contribution in [0.5, 0.6) is 5.75 Å². The molecule has 4 amide bonds. The van der Waals surface area contributed by atoms with E-state index in [1.807, 2.05) is 0 Å². The van der Waals surface area contributed by atoms with Gasteiger partial charge in [-0.2, -0.15) is 0 Å². The molecule has 9 nitrogen and oxygen atoms in total. The van der Waals surface area contributed by atoms with E-state index in [1.165, 1.54) is 29.2 Å². The van der Waals surface area contributed by atoms with Gasteiger partial charge in [-0.15, -0.1) is 0 Å². The maximum absolute atomic E-state index is 12.0. The number of carbonyl (C=O) groups excluding carboxylic acids is 3. The van der Waals surface area contributed by atoms with E-state index in [-0.39, 0.29) is 12.3 Å². The maximum atomic E-state index is 12.0. The zero-order chi connectivity index (χ0) is 18.3. The summed E-state index contributed by atoms with van der Waals surface area (Å²) in [6.07, 6.45) is 0. The molecule has 1 aromatic rings. The van der Waals surface area contributed by atoms with Crippen LogP contribution in [0.1, 0.15) is 13.8 Å². The predicted molar refractivity (Wildman–Crippen MR) is 84.4 cm³/mol. The summed E-state index contributed by atoms with van der Waals surface area (Å²) in [5, 5.41) is 19.1. The van der Waals surface area contributed by atoms with Gasteiger partial charge in [-0.25, -0.2) is 4.79 Å². The molecule has 0 atom stereocenters. The van der Waals surface area contributed by atoms with Gasteiger partial charge >= 0.3 is 17.8 Å². The number of carbonyl (C=O) groups is 4. The minimum Gasteiger partial charge on any atom is -0.508 e. The van der Waals surface area contributed by atoms with Crippen molar-refractivity contribution in [3.8, 4) is 5.75 Å². The molecule has 3 N–H and O–H groups in total. The molecule has 1 aliphatic heterocycles. The van der Waals surface area contributed by atoms with Crippen molar-refractivity contribution >= 4 is 29.5 Å². The average molecular weight is 337 g/mol. The van der Waals surface area contributed by atoms with Gasteiger partial charge in [0.2, 0.25) is 0 Å². The Morgan fingerprint density at radius 1 is 1.12 bits per heavy atom. The first-order valence-electron chi connectivity index (χ1n) is 7.16. The number of hydrogen-bond donors (Lipinski definition) is 3. The van der Waals surface area contributed by atoms with Gasteiger partial charge in [-0.3, -0.25) is 19.3 Å². The molecule has 9 heteroatoms. The number of carboxylic acid groups (broad SMARTS) is 1. The van der Waals surface area contributed by atoms with Gasteiger partial charge in [0.25, 0.3) is 5.97 Å². The molecular weight excluding hydrogens is 318 g/mol. The van der Waals surface area contributed by atoms with E-state index in [4.69, 9.17) is 15.0 Å². The van der Waals surface area contributed by atoms with Crippen LogP contribution in [-0.2, 0) is 14.4 Å². The Morgan fingerprint density at radius 3 is 2.17 bits per heavy atom. The summed E-state index contributed by atoms with van der Waals surface area (Å²) < 4.78 is 0. The van der Waals surface area contributed by atoms with Gasteiger partial charge in [-0.1, -0.05) is 0 Å². The van der Waals surface area contributed by atoms with E-state index < -0.39 is 23.8 Å². The second-order valence-electron chi connectivity index (χ2n) is 4.84. The number of urea groups is 1. The van der Waals surface area contributed by atoms with Crippen LogP contribution in [-0.4, -0.2) is 63.5 Å². The summed E-state index contributed by atoms with van der Waals surface area (Å²) in [6, 6.07) is 5.18. The molecule has 1 saturated heterocycles. The molecule has 1 aromatic carbocycles. The number of anilines is 1. The quantitative estimate of drug-likeness (QED) is 0.538. The Labute approximate surface area is 138 Å². The first-order chi connectivity index (χ1) is 11.3. The largest absolute Gasteiger partial charge is 0.508 e. The molecule has 24 heavy (non-hydrogen) atoms. The number of rotatable bonds is 2. The summed E-state index contributed by atoms with van der Waals surface area (Å²) in [5.41, 5.74) is 0.436. The normalized spacial score (nSPS) is 13.9. The molecule has 0 radical (unpaired) electrons. The van der Waals surface area contributed by atoms with Gasteiger partial charge in [0.15, 0.2) is 0 Å². The van der Waals surface area contributed by atoms with Crippen molar-refractivity contribution in [2.75, 3.05) is 25.0 Å². The smallest absolute Gasteiger partial charge is 0.329 e. The first kappa shape index (κ1) is 18.9. The number of benzene rings is 1. The van der Waals surface area contributed by atoms with E-state index in [0.29, 0.717) is 18.8 Å². The van der Waals surface area contributed by atoms with Crippen molar-refractivity contribution in [2.45, 2.75) is 13.8 Å². The van der Waals surface area contributed by atoms with Crippen molar-refractivity contribution < 1.29 is 29.4 Å². The third-order valence-corrected chi connectivity index (χ3v) is 3.05. The lowest BCUT2D eigenvalue weighted by molar-refractivity contribution is -0.153. The van der Waals surface area contributed by atoms with Crippen LogP contribution >= 0.6 is 0 Å². The number of aromatic hydroxyl groups is 1. The Balaban J connectivity index is 0.000000648. The fraction of sp³-hybridized carbons (Fsp3) is 0.333. The maximum Gasteiger partial charge on any atom is 0.329 e. The molecule has 0 saturated carbocycles. The Kier molecular flexibility index (Phi) is 6.72. The van der Waals surface area contributed by atoms with Crippen LogP contribution in [0.25, 0.3) is 0 Å². The summed E-state index contributed by atoms with van der Waals surface area (Å²) in [4.78, 5) is 46.8. The fourth-order valence-electron chi connectivity index (χ4n) is 1.91. The minimum atomic E-state index is -0.833. The number of phenolic OH excluding ortho intramolecular Hbond substituents is 1. The van der Waals surface area contributed by atoms with Crippen molar-refractivity contribution in [2.24, 2.45) is 0 Å². The van der Waals surface area contributed by atoms with Crippen LogP contribution in [0.2, 0.25) is 0 Å². The third-order valence-electron chi connectivity index (χ3n) is 3.05. The number of likely N-dealkylation sites (N-methyl/N-ethyl adjacent to an activating group) is 1. The number of imide groups is 1. The zero-order valence-electron chi connectivity index (χ0n) is 13.4. The van der Waals surface area contributed by atoms with Gasteiger partial charge in [0, 0.05) is 32.2 Å². The van der Waals surface area contributed by atoms with E-state index in [9.17, 15) is 14.4 Å². The van der Waals surface area contributed by atoms with E-state index >= 15 is 0 Å².